The van der Waals surface area contributed by atoms with Crippen molar-refractivity contribution < 1.29 is 9.90 Å². The third-order valence-electron chi connectivity index (χ3n) is 3.26. The monoisotopic (exact) mass is 254 g/mol. The molecule has 0 bridgehead atoms. The Balaban J connectivity index is 3.32. The van der Waals surface area contributed by atoms with E-state index in [1.807, 2.05) is 0 Å². The minimum atomic E-state index is -0.687. The third kappa shape index (κ3) is 13.3. The van der Waals surface area contributed by atoms with Gasteiger partial charge in [-0.3, -0.25) is 4.79 Å². The zero-order valence-electron chi connectivity index (χ0n) is 12.2. The predicted octanol–water partition coefficient (Wildman–Crippen LogP) is 5.33. The highest BCUT2D eigenvalue weighted by molar-refractivity contribution is 5.66. The number of carboxylic acid groups (broad SMARTS) is 1. The molecule has 0 saturated carbocycles. The fraction of sp³-hybridized carbons (Fsp3) is 0.812. The van der Waals surface area contributed by atoms with E-state index in [1.54, 1.807) is 0 Å². The van der Waals surface area contributed by atoms with E-state index < -0.39 is 5.97 Å². The summed E-state index contributed by atoms with van der Waals surface area (Å²) >= 11 is 0. The Bertz CT molecular complexity index is 231. The van der Waals surface area contributed by atoms with E-state index in [9.17, 15) is 4.79 Å². The first kappa shape index (κ1) is 17.2. The highest BCUT2D eigenvalue weighted by atomic mass is 16.4. The maximum Gasteiger partial charge on any atom is 0.303 e. The van der Waals surface area contributed by atoms with Crippen molar-refractivity contribution in [3.05, 3.63) is 11.6 Å². The van der Waals surface area contributed by atoms with Gasteiger partial charge in [0, 0.05) is 6.42 Å². The molecule has 0 amide bonds. The zero-order valence-corrected chi connectivity index (χ0v) is 12.2. The average Bonchev–Trinajstić information content (AvgIpc) is 2.33. The summed E-state index contributed by atoms with van der Waals surface area (Å²) in [4.78, 5) is 10.3. The molecule has 0 aromatic carbocycles. The molecule has 2 nitrogen and oxygen atoms in total. The summed E-state index contributed by atoms with van der Waals surface area (Å²) in [6, 6.07) is 0. The van der Waals surface area contributed by atoms with Crippen molar-refractivity contribution in [2.75, 3.05) is 0 Å². The van der Waals surface area contributed by atoms with Crippen LogP contribution in [0.2, 0.25) is 0 Å². The Kier molecular flexibility index (Phi) is 12.1. The van der Waals surface area contributed by atoms with E-state index in [2.05, 4.69) is 19.9 Å². The molecule has 0 atom stereocenters. The standard InChI is InChI=1S/C16H30O2/c1-3-4-5-6-7-8-9-12-15(2)13-10-11-14-16(17)18/h13H,3-12,14H2,1-2H3,(H,17,18)/b15-13-. The normalized spacial score (nSPS) is 11.8. The number of hydrogen-bond acceptors (Lipinski definition) is 1. The van der Waals surface area contributed by atoms with E-state index >= 15 is 0 Å². The Labute approximate surface area is 112 Å². The Hall–Kier alpha value is -0.790. The molecule has 0 aromatic rings. The second kappa shape index (κ2) is 12.7. The molecular formula is C16H30O2. The molecule has 0 spiro atoms. The molecule has 0 heterocycles. The minimum Gasteiger partial charge on any atom is -0.481 e. The van der Waals surface area contributed by atoms with Crippen molar-refractivity contribution >= 4 is 5.97 Å². The summed E-state index contributed by atoms with van der Waals surface area (Å²) in [6.07, 6.45) is 14.8. The van der Waals surface area contributed by atoms with Crippen LogP contribution in [0.3, 0.4) is 0 Å². The Morgan fingerprint density at radius 2 is 1.56 bits per heavy atom. The largest absolute Gasteiger partial charge is 0.481 e. The first-order valence-electron chi connectivity index (χ1n) is 7.54. The zero-order chi connectivity index (χ0) is 13.6. The van der Waals surface area contributed by atoms with Gasteiger partial charge in [-0.15, -0.1) is 0 Å². The van der Waals surface area contributed by atoms with Crippen LogP contribution in [0.25, 0.3) is 0 Å². The van der Waals surface area contributed by atoms with Gasteiger partial charge in [0.05, 0.1) is 0 Å². The van der Waals surface area contributed by atoms with Crippen LogP contribution < -0.4 is 0 Å². The van der Waals surface area contributed by atoms with Crippen LogP contribution in [0, 0.1) is 0 Å². The van der Waals surface area contributed by atoms with Crippen molar-refractivity contribution in [2.24, 2.45) is 0 Å². The van der Waals surface area contributed by atoms with Gasteiger partial charge in [-0.25, -0.2) is 0 Å². The van der Waals surface area contributed by atoms with Gasteiger partial charge in [0.15, 0.2) is 0 Å². The molecule has 0 aliphatic rings. The molecule has 0 radical (unpaired) electrons. The maximum absolute atomic E-state index is 10.3. The molecule has 0 aliphatic heterocycles. The van der Waals surface area contributed by atoms with Gasteiger partial charge in [-0.2, -0.15) is 0 Å². The average molecular weight is 254 g/mol. The first-order chi connectivity index (χ1) is 8.66. The summed E-state index contributed by atoms with van der Waals surface area (Å²) in [5.74, 6) is -0.687. The molecule has 0 aromatic heterocycles. The smallest absolute Gasteiger partial charge is 0.303 e. The summed E-state index contributed by atoms with van der Waals surface area (Å²) in [5, 5.41) is 8.52. The molecule has 106 valence electrons. The lowest BCUT2D eigenvalue weighted by Crippen LogP contribution is -1.92. The molecular weight excluding hydrogens is 224 g/mol. The van der Waals surface area contributed by atoms with Gasteiger partial charge >= 0.3 is 5.97 Å². The van der Waals surface area contributed by atoms with E-state index in [0.29, 0.717) is 6.42 Å². The quantitative estimate of drug-likeness (QED) is 0.377. The Morgan fingerprint density at radius 3 is 2.17 bits per heavy atom. The van der Waals surface area contributed by atoms with Gasteiger partial charge in [0.25, 0.3) is 0 Å². The van der Waals surface area contributed by atoms with Crippen molar-refractivity contribution in [1.29, 1.82) is 0 Å². The lowest BCUT2D eigenvalue weighted by molar-refractivity contribution is -0.137. The van der Waals surface area contributed by atoms with Crippen LogP contribution in [-0.2, 0) is 4.79 Å². The highest BCUT2D eigenvalue weighted by Gasteiger charge is 1.96. The van der Waals surface area contributed by atoms with Crippen molar-refractivity contribution in [3.8, 4) is 0 Å². The van der Waals surface area contributed by atoms with Crippen LogP contribution in [0.5, 0.6) is 0 Å². The SMILES string of the molecule is CCCCCCCCC/C(C)=C\CCCC(=O)O. The molecule has 0 unspecified atom stereocenters. The van der Waals surface area contributed by atoms with Crippen molar-refractivity contribution in [3.63, 3.8) is 0 Å². The van der Waals surface area contributed by atoms with Crippen molar-refractivity contribution in [1.82, 2.24) is 0 Å². The fourth-order valence-corrected chi connectivity index (χ4v) is 2.06. The van der Waals surface area contributed by atoms with Crippen molar-refractivity contribution in [2.45, 2.75) is 84.5 Å². The topological polar surface area (TPSA) is 37.3 Å². The number of hydrogen-bond donors (Lipinski definition) is 1. The maximum atomic E-state index is 10.3. The highest BCUT2D eigenvalue weighted by Crippen LogP contribution is 2.13. The van der Waals surface area contributed by atoms with Crippen LogP contribution in [0.4, 0.5) is 0 Å². The molecule has 0 fully saturated rings. The number of aliphatic carboxylic acids is 1. The van der Waals surface area contributed by atoms with E-state index in [1.165, 1.54) is 56.9 Å². The second-order valence-electron chi connectivity index (χ2n) is 5.21. The first-order valence-corrected chi connectivity index (χ1v) is 7.54. The van der Waals surface area contributed by atoms with Crippen LogP contribution in [-0.4, -0.2) is 11.1 Å². The number of unbranched alkanes of at least 4 members (excludes halogenated alkanes) is 7. The summed E-state index contributed by atoms with van der Waals surface area (Å²) in [5.41, 5.74) is 1.42. The van der Waals surface area contributed by atoms with Gasteiger partial charge in [0.2, 0.25) is 0 Å². The summed E-state index contributed by atoms with van der Waals surface area (Å²) in [7, 11) is 0. The molecule has 1 N–H and O–H groups in total. The van der Waals surface area contributed by atoms with Crippen LogP contribution in [0.1, 0.15) is 84.5 Å². The fourth-order valence-electron chi connectivity index (χ4n) is 2.06. The van der Waals surface area contributed by atoms with E-state index in [0.717, 1.165) is 12.8 Å². The van der Waals surface area contributed by atoms with E-state index in [-0.39, 0.29) is 0 Å². The lowest BCUT2D eigenvalue weighted by atomic mass is 10.0. The summed E-state index contributed by atoms with van der Waals surface area (Å²) in [6.45, 7) is 4.41. The van der Waals surface area contributed by atoms with Gasteiger partial charge in [-0.05, 0) is 32.6 Å². The number of allylic oxidation sites excluding steroid dienone is 2. The Morgan fingerprint density at radius 1 is 0.944 bits per heavy atom. The molecule has 0 saturated heterocycles. The number of rotatable bonds is 12. The molecule has 0 aliphatic carbocycles. The minimum absolute atomic E-state index is 0.293. The summed E-state index contributed by atoms with van der Waals surface area (Å²) < 4.78 is 0. The number of carbonyl (C=O) groups is 1. The number of carboxylic acids is 1. The molecule has 0 rings (SSSR count). The second-order valence-corrected chi connectivity index (χ2v) is 5.21. The third-order valence-corrected chi connectivity index (χ3v) is 3.26. The molecule has 2 heteroatoms. The van der Waals surface area contributed by atoms with E-state index in [4.69, 9.17) is 5.11 Å². The van der Waals surface area contributed by atoms with Gasteiger partial charge in [0.1, 0.15) is 0 Å². The molecule has 18 heavy (non-hydrogen) atoms. The lowest BCUT2D eigenvalue weighted by Gasteiger charge is -2.02. The van der Waals surface area contributed by atoms with Gasteiger partial charge in [-0.1, -0.05) is 57.1 Å². The van der Waals surface area contributed by atoms with Gasteiger partial charge < -0.3 is 5.11 Å². The predicted molar refractivity (Wildman–Crippen MR) is 77.9 cm³/mol. The van der Waals surface area contributed by atoms with Crippen LogP contribution >= 0.6 is 0 Å². The van der Waals surface area contributed by atoms with Crippen LogP contribution in [0.15, 0.2) is 11.6 Å².